The second kappa shape index (κ2) is 5.56. The maximum Gasteiger partial charge on any atom is 0.383 e. The zero-order chi connectivity index (χ0) is 14.7. The van der Waals surface area contributed by atoms with E-state index in [0.29, 0.717) is 5.56 Å². The predicted octanol–water partition coefficient (Wildman–Crippen LogP) is 1.91. The number of alkyl halides is 4. The fraction of sp³-hybridized carbons (Fsp3) is 0.417. The molecule has 1 aromatic rings. The summed E-state index contributed by atoms with van der Waals surface area (Å²) in [6.45, 7) is 0.559. The van der Waals surface area contributed by atoms with Crippen LogP contribution in [0.15, 0.2) is 30.3 Å². The van der Waals surface area contributed by atoms with Crippen molar-refractivity contribution < 1.29 is 27.5 Å². The molecule has 3 nitrogen and oxygen atoms in total. The van der Waals surface area contributed by atoms with Crippen molar-refractivity contribution in [2.24, 2.45) is 0 Å². The molecule has 7 heteroatoms. The van der Waals surface area contributed by atoms with Crippen molar-refractivity contribution in [2.45, 2.75) is 24.8 Å². The quantitative estimate of drug-likeness (QED) is 0.809. The van der Waals surface area contributed by atoms with E-state index in [0.717, 1.165) is 0 Å². The maximum absolute atomic E-state index is 12.9. The average molecular weight is 279 g/mol. The van der Waals surface area contributed by atoms with Crippen LogP contribution >= 0.6 is 0 Å². The van der Waals surface area contributed by atoms with Gasteiger partial charge in [-0.2, -0.15) is 8.78 Å². The van der Waals surface area contributed by atoms with Crippen molar-refractivity contribution in [3.63, 3.8) is 0 Å². The summed E-state index contributed by atoms with van der Waals surface area (Å²) in [5.74, 6) is -6.92. The summed E-state index contributed by atoms with van der Waals surface area (Å²) in [5, 5.41) is 11.0. The number of nitrogens with one attached hydrogen (secondary N) is 1. The first-order valence-electron chi connectivity index (χ1n) is 5.39. The topological polar surface area (TPSA) is 49.3 Å². The molecule has 106 valence electrons. The number of halogens is 4. The molecular weight excluding hydrogens is 266 g/mol. The third-order valence-corrected chi connectivity index (χ3v) is 2.69. The van der Waals surface area contributed by atoms with Gasteiger partial charge in [-0.25, -0.2) is 8.78 Å². The zero-order valence-corrected chi connectivity index (χ0v) is 10.0. The molecule has 0 aliphatic rings. The number of carbonyl (C=O) groups is 1. The third kappa shape index (κ3) is 3.23. The van der Waals surface area contributed by atoms with Gasteiger partial charge in [0.05, 0.1) is 12.1 Å². The molecule has 0 fully saturated rings. The van der Waals surface area contributed by atoms with Crippen LogP contribution in [0.1, 0.15) is 12.5 Å². The lowest BCUT2D eigenvalue weighted by Gasteiger charge is -2.31. The van der Waals surface area contributed by atoms with Gasteiger partial charge in [0.15, 0.2) is 0 Å². The Labute approximate surface area is 107 Å². The van der Waals surface area contributed by atoms with E-state index in [2.05, 4.69) is 0 Å². The Morgan fingerprint density at radius 1 is 1.32 bits per heavy atom. The molecule has 0 saturated carbocycles. The Morgan fingerprint density at radius 2 is 1.84 bits per heavy atom. The number of hydrogen-bond donors (Lipinski definition) is 2. The molecule has 1 amide bonds. The van der Waals surface area contributed by atoms with Gasteiger partial charge in [-0.15, -0.1) is 0 Å². The Kier molecular flexibility index (Phi) is 4.52. The molecule has 1 atom stereocenters. The van der Waals surface area contributed by atoms with Gasteiger partial charge in [0, 0.05) is 0 Å². The van der Waals surface area contributed by atoms with Crippen LogP contribution in [0.5, 0.6) is 0 Å². The van der Waals surface area contributed by atoms with E-state index in [1.165, 1.54) is 19.1 Å². The van der Waals surface area contributed by atoms with E-state index in [1.54, 1.807) is 23.5 Å². The molecule has 0 radical (unpaired) electrons. The highest BCUT2D eigenvalue weighted by atomic mass is 19.3. The highest BCUT2D eigenvalue weighted by Gasteiger charge is 2.50. The standard InChI is InChI=1S/C12H13F4NO2/c1-11(7-18,8-5-3-2-4-6-8)17-10(19)12(15,16)9(13)14/h2-6,9,18H,7H2,1H3,(H,17,19). The minimum absolute atomic E-state index is 0.330. The lowest BCUT2D eigenvalue weighted by molar-refractivity contribution is -0.171. The largest absolute Gasteiger partial charge is 0.394 e. The molecule has 1 aromatic carbocycles. The molecule has 0 aliphatic heterocycles. The monoisotopic (exact) mass is 279 g/mol. The van der Waals surface area contributed by atoms with Crippen molar-refractivity contribution in [2.75, 3.05) is 6.61 Å². The summed E-state index contributed by atoms with van der Waals surface area (Å²) in [4.78, 5) is 11.2. The van der Waals surface area contributed by atoms with Gasteiger partial charge in [-0.3, -0.25) is 4.79 Å². The lowest BCUT2D eigenvalue weighted by atomic mass is 9.92. The van der Waals surface area contributed by atoms with Crippen LogP contribution in [0.3, 0.4) is 0 Å². The Balaban J connectivity index is 2.98. The lowest BCUT2D eigenvalue weighted by Crippen LogP contribution is -2.54. The number of carbonyl (C=O) groups excluding carboxylic acids is 1. The van der Waals surface area contributed by atoms with E-state index >= 15 is 0 Å². The molecule has 0 aliphatic carbocycles. The molecule has 0 saturated heterocycles. The minimum Gasteiger partial charge on any atom is -0.394 e. The van der Waals surface area contributed by atoms with Gasteiger partial charge in [0.25, 0.3) is 5.91 Å². The molecule has 0 spiro atoms. The van der Waals surface area contributed by atoms with Gasteiger partial charge >= 0.3 is 12.3 Å². The average Bonchev–Trinajstić information content (AvgIpc) is 2.39. The number of aliphatic hydroxyl groups is 1. The first kappa shape index (κ1) is 15.4. The molecule has 0 heterocycles. The highest BCUT2D eigenvalue weighted by molar-refractivity contribution is 5.84. The molecule has 19 heavy (non-hydrogen) atoms. The molecule has 1 unspecified atom stereocenters. The minimum atomic E-state index is -4.80. The fourth-order valence-electron chi connectivity index (χ4n) is 1.44. The van der Waals surface area contributed by atoms with Crippen LogP contribution in [-0.2, 0) is 10.3 Å². The Hall–Kier alpha value is -1.63. The number of benzene rings is 1. The number of hydrogen-bond acceptors (Lipinski definition) is 2. The van der Waals surface area contributed by atoms with Crippen LogP contribution in [0, 0.1) is 0 Å². The van der Waals surface area contributed by atoms with Crippen molar-refractivity contribution in [1.29, 1.82) is 0 Å². The Morgan fingerprint density at radius 3 is 2.26 bits per heavy atom. The van der Waals surface area contributed by atoms with Crippen molar-refractivity contribution in [1.82, 2.24) is 5.32 Å². The molecule has 2 N–H and O–H groups in total. The first-order chi connectivity index (χ1) is 8.74. The zero-order valence-electron chi connectivity index (χ0n) is 10.0. The summed E-state index contributed by atoms with van der Waals surface area (Å²) in [6, 6.07) is 7.76. The summed E-state index contributed by atoms with van der Waals surface area (Å²) >= 11 is 0. The molecule has 1 rings (SSSR count). The smallest absolute Gasteiger partial charge is 0.383 e. The summed E-state index contributed by atoms with van der Waals surface area (Å²) in [5.41, 5.74) is -1.23. The number of amides is 1. The third-order valence-electron chi connectivity index (χ3n) is 2.69. The summed E-state index contributed by atoms with van der Waals surface area (Å²) in [7, 11) is 0. The molecular formula is C12H13F4NO2. The fourth-order valence-corrected chi connectivity index (χ4v) is 1.44. The van der Waals surface area contributed by atoms with E-state index < -0.39 is 30.4 Å². The number of aliphatic hydroxyl groups excluding tert-OH is 1. The van der Waals surface area contributed by atoms with Gasteiger partial charge < -0.3 is 10.4 Å². The SMILES string of the molecule is CC(CO)(NC(=O)C(F)(F)C(F)F)c1ccccc1. The second-order valence-corrected chi connectivity index (χ2v) is 4.23. The molecule has 0 bridgehead atoms. The van der Waals surface area contributed by atoms with Crippen LogP contribution in [0.4, 0.5) is 17.6 Å². The van der Waals surface area contributed by atoms with E-state index in [4.69, 9.17) is 0 Å². The molecule has 0 aromatic heterocycles. The van der Waals surface area contributed by atoms with Gasteiger partial charge in [0.1, 0.15) is 0 Å². The van der Waals surface area contributed by atoms with Crippen LogP contribution in [0.25, 0.3) is 0 Å². The highest BCUT2D eigenvalue weighted by Crippen LogP contribution is 2.26. The van der Waals surface area contributed by atoms with Crippen molar-refractivity contribution in [3.8, 4) is 0 Å². The van der Waals surface area contributed by atoms with Crippen molar-refractivity contribution >= 4 is 5.91 Å². The summed E-state index contributed by atoms with van der Waals surface area (Å²) < 4.78 is 49.9. The van der Waals surface area contributed by atoms with E-state index in [1.807, 2.05) is 0 Å². The van der Waals surface area contributed by atoms with E-state index in [9.17, 15) is 27.5 Å². The van der Waals surface area contributed by atoms with Gasteiger partial charge in [-0.05, 0) is 12.5 Å². The van der Waals surface area contributed by atoms with Crippen LogP contribution < -0.4 is 5.32 Å². The van der Waals surface area contributed by atoms with E-state index in [-0.39, 0.29) is 0 Å². The predicted molar refractivity (Wildman–Crippen MR) is 60.0 cm³/mol. The van der Waals surface area contributed by atoms with Gasteiger partial charge in [0.2, 0.25) is 0 Å². The van der Waals surface area contributed by atoms with Crippen LogP contribution in [-0.4, -0.2) is 30.0 Å². The second-order valence-electron chi connectivity index (χ2n) is 4.23. The first-order valence-corrected chi connectivity index (χ1v) is 5.39. The number of rotatable bonds is 5. The van der Waals surface area contributed by atoms with Crippen molar-refractivity contribution in [3.05, 3.63) is 35.9 Å². The summed E-state index contributed by atoms with van der Waals surface area (Å²) in [6.07, 6.45) is -4.11. The normalized spacial score (nSPS) is 15.1. The van der Waals surface area contributed by atoms with Crippen LogP contribution in [0.2, 0.25) is 0 Å². The van der Waals surface area contributed by atoms with Gasteiger partial charge in [-0.1, -0.05) is 30.3 Å². The Bertz CT molecular complexity index is 439. The maximum atomic E-state index is 12.9.